The summed E-state index contributed by atoms with van der Waals surface area (Å²) in [5.41, 5.74) is 0.751. The Balaban J connectivity index is 2.06. The molecule has 0 radical (unpaired) electrons. The summed E-state index contributed by atoms with van der Waals surface area (Å²) >= 11 is 5.69. The number of aromatic nitrogens is 4. The van der Waals surface area contributed by atoms with Crippen LogP contribution in [0.5, 0.6) is 0 Å². The summed E-state index contributed by atoms with van der Waals surface area (Å²) in [7, 11) is 0. The highest BCUT2D eigenvalue weighted by Crippen LogP contribution is 2.11. The molecule has 2 aromatic heterocycles. The zero-order valence-corrected chi connectivity index (χ0v) is 9.85. The zero-order valence-electron chi connectivity index (χ0n) is 9.10. The summed E-state index contributed by atoms with van der Waals surface area (Å²) in [6, 6.07) is 0. The number of alkyl halides is 1. The Bertz CT molecular complexity index is 455. The van der Waals surface area contributed by atoms with Crippen molar-refractivity contribution in [1.29, 1.82) is 0 Å². The SMILES string of the molecule is CC(CCCl)CNc1nccn2cnnc12. The molecule has 1 N–H and O–H groups in total. The van der Waals surface area contributed by atoms with Gasteiger partial charge in [-0.15, -0.1) is 21.8 Å². The van der Waals surface area contributed by atoms with E-state index in [4.69, 9.17) is 11.6 Å². The van der Waals surface area contributed by atoms with Crippen molar-refractivity contribution in [2.24, 2.45) is 5.92 Å². The van der Waals surface area contributed by atoms with Crippen LogP contribution >= 0.6 is 11.6 Å². The molecule has 0 fully saturated rings. The molecule has 0 bridgehead atoms. The first-order chi connectivity index (χ1) is 7.81. The second-order valence-corrected chi connectivity index (χ2v) is 4.18. The maximum Gasteiger partial charge on any atom is 0.203 e. The predicted octanol–water partition coefficient (Wildman–Crippen LogP) is 1.80. The summed E-state index contributed by atoms with van der Waals surface area (Å²) in [6.45, 7) is 2.99. The molecular formula is C10H14ClN5. The van der Waals surface area contributed by atoms with Crippen molar-refractivity contribution >= 4 is 23.1 Å². The van der Waals surface area contributed by atoms with E-state index in [9.17, 15) is 0 Å². The lowest BCUT2D eigenvalue weighted by Gasteiger charge is -2.11. The van der Waals surface area contributed by atoms with Gasteiger partial charge in [-0.05, 0) is 12.3 Å². The number of hydrogen-bond donors (Lipinski definition) is 1. The van der Waals surface area contributed by atoms with E-state index < -0.39 is 0 Å². The molecule has 16 heavy (non-hydrogen) atoms. The van der Waals surface area contributed by atoms with Crippen LogP contribution in [0.2, 0.25) is 0 Å². The van der Waals surface area contributed by atoms with E-state index in [1.54, 1.807) is 12.5 Å². The molecule has 2 heterocycles. The largest absolute Gasteiger partial charge is 0.367 e. The van der Waals surface area contributed by atoms with Gasteiger partial charge in [-0.2, -0.15) is 0 Å². The second-order valence-electron chi connectivity index (χ2n) is 3.80. The Morgan fingerprint density at radius 3 is 3.25 bits per heavy atom. The molecule has 0 saturated carbocycles. The zero-order chi connectivity index (χ0) is 11.4. The molecule has 0 aliphatic heterocycles. The third kappa shape index (κ3) is 2.41. The van der Waals surface area contributed by atoms with E-state index in [2.05, 4.69) is 27.4 Å². The Morgan fingerprint density at radius 1 is 1.56 bits per heavy atom. The smallest absolute Gasteiger partial charge is 0.203 e. The highest BCUT2D eigenvalue weighted by atomic mass is 35.5. The van der Waals surface area contributed by atoms with Crippen molar-refractivity contribution in [2.75, 3.05) is 17.7 Å². The van der Waals surface area contributed by atoms with Crippen molar-refractivity contribution < 1.29 is 0 Å². The first-order valence-electron chi connectivity index (χ1n) is 5.25. The topological polar surface area (TPSA) is 55.1 Å². The van der Waals surface area contributed by atoms with Crippen molar-refractivity contribution in [2.45, 2.75) is 13.3 Å². The van der Waals surface area contributed by atoms with Gasteiger partial charge in [0.15, 0.2) is 5.82 Å². The van der Waals surface area contributed by atoms with Crippen LogP contribution in [-0.2, 0) is 0 Å². The summed E-state index contributed by atoms with van der Waals surface area (Å²) in [6.07, 6.45) is 6.20. The fourth-order valence-electron chi connectivity index (χ4n) is 1.44. The van der Waals surface area contributed by atoms with Gasteiger partial charge in [-0.1, -0.05) is 6.92 Å². The number of halogens is 1. The van der Waals surface area contributed by atoms with Gasteiger partial charge < -0.3 is 5.32 Å². The molecule has 0 amide bonds. The Labute approximate surface area is 98.9 Å². The summed E-state index contributed by atoms with van der Waals surface area (Å²) < 4.78 is 1.83. The van der Waals surface area contributed by atoms with E-state index in [0.717, 1.165) is 24.4 Å². The molecule has 6 heteroatoms. The van der Waals surface area contributed by atoms with Gasteiger partial charge >= 0.3 is 0 Å². The third-order valence-corrected chi connectivity index (χ3v) is 2.65. The minimum Gasteiger partial charge on any atom is -0.367 e. The van der Waals surface area contributed by atoms with E-state index in [-0.39, 0.29) is 0 Å². The monoisotopic (exact) mass is 239 g/mol. The van der Waals surface area contributed by atoms with E-state index in [1.807, 2.05) is 10.6 Å². The van der Waals surface area contributed by atoms with Crippen LogP contribution in [0.25, 0.3) is 5.65 Å². The van der Waals surface area contributed by atoms with Crippen molar-refractivity contribution in [1.82, 2.24) is 19.6 Å². The number of rotatable bonds is 5. The van der Waals surface area contributed by atoms with Gasteiger partial charge in [0.05, 0.1) is 0 Å². The van der Waals surface area contributed by atoms with E-state index in [1.165, 1.54) is 0 Å². The summed E-state index contributed by atoms with van der Waals surface area (Å²) in [4.78, 5) is 4.24. The highest BCUT2D eigenvalue weighted by Gasteiger charge is 2.06. The summed E-state index contributed by atoms with van der Waals surface area (Å²) in [5.74, 6) is 1.97. The van der Waals surface area contributed by atoms with Crippen LogP contribution in [0.15, 0.2) is 18.7 Å². The second kappa shape index (κ2) is 5.12. The Kier molecular flexibility index (Phi) is 3.56. The minimum atomic E-state index is 0.516. The number of hydrogen-bond acceptors (Lipinski definition) is 4. The molecule has 0 aromatic carbocycles. The number of fused-ring (bicyclic) bond motifs is 1. The Hall–Kier alpha value is -1.36. The summed E-state index contributed by atoms with van der Waals surface area (Å²) in [5, 5.41) is 11.1. The standard InChI is InChI=1S/C10H14ClN5/c1-8(2-3-11)6-13-9-10-15-14-7-16(10)5-4-12-9/h4-5,7-8H,2-3,6H2,1H3,(H,12,13). The van der Waals surface area contributed by atoms with Crippen LogP contribution < -0.4 is 5.32 Å². The van der Waals surface area contributed by atoms with E-state index in [0.29, 0.717) is 11.8 Å². The lowest BCUT2D eigenvalue weighted by atomic mass is 10.1. The van der Waals surface area contributed by atoms with Crippen molar-refractivity contribution in [3.63, 3.8) is 0 Å². The molecule has 2 aromatic rings. The molecule has 0 saturated heterocycles. The Morgan fingerprint density at radius 2 is 2.44 bits per heavy atom. The van der Waals surface area contributed by atoms with Gasteiger partial charge in [-0.25, -0.2) is 4.98 Å². The molecule has 1 unspecified atom stereocenters. The maximum absolute atomic E-state index is 5.69. The van der Waals surface area contributed by atoms with Gasteiger partial charge in [0.2, 0.25) is 5.65 Å². The average Bonchev–Trinajstić information content (AvgIpc) is 2.75. The van der Waals surface area contributed by atoms with E-state index >= 15 is 0 Å². The molecule has 0 spiro atoms. The van der Waals surface area contributed by atoms with Gasteiger partial charge in [0.1, 0.15) is 6.33 Å². The van der Waals surface area contributed by atoms with Gasteiger partial charge in [0, 0.05) is 24.8 Å². The number of nitrogens with zero attached hydrogens (tertiary/aromatic N) is 4. The molecule has 2 rings (SSSR count). The van der Waals surface area contributed by atoms with Crippen molar-refractivity contribution in [3.05, 3.63) is 18.7 Å². The molecular weight excluding hydrogens is 226 g/mol. The normalized spacial score (nSPS) is 12.9. The molecule has 5 nitrogen and oxygen atoms in total. The predicted molar refractivity (Wildman–Crippen MR) is 63.8 cm³/mol. The lowest BCUT2D eigenvalue weighted by Crippen LogP contribution is -2.13. The molecule has 0 aliphatic rings. The van der Waals surface area contributed by atoms with Crippen LogP contribution in [0.4, 0.5) is 5.82 Å². The first kappa shape index (κ1) is 11.1. The molecule has 0 aliphatic carbocycles. The van der Waals surface area contributed by atoms with Crippen molar-refractivity contribution in [3.8, 4) is 0 Å². The van der Waals surface area contributed by atoms with Crippen LogP contribution in [0.1, 0.15) is 13.3 Å². The maximum atomic E-state index is 5.69. The van der Waals surface area contributed by atoms with Crippen LogP contribution in [0, 0.1) is 5.92 Å². The molecule has 86 valence electrons. The lowest BCUT2D eigenvalue weighted by molar-refractivity contribution is 0.596. The third-order valence-electron chi connectivity index (χ3n) is 2.44. The fourth-order valence-corrected chi connectivity index (χ4v) is 1.82. The number of nitrogens with one attached hydrogen (secondary N) is 1. The average molecular weight is 240 g/mol. The first-order valence-corrected chi connectivity index (χ1v) is 5.79. The van der Waals surface area contributed by atoms with Gasteiger partial charge in [-0.3, -0.25) is 4.40 Å². The molecule has 1 atom stereocenters. The van der Waals surface area contributed by atoms with Crippen LogP contribution in [0.3, 0.4) is 0 Å². The minimum absolute atomic E-state index is 0.516. The quantitative estimate of drug-likeness (QED) is 0.809. The van der Waals surface area contributed by atoms with Crippen LogP contribution in [-0.4, -0.2) is 32.0 Å². The number of anilines is 1. The van der Waals surface area contributed by atoms with Gasteiger partial charge in [0.25, 0.3) is 0 Å². The fraction of sp³-hybridized carbons (Fsp3) is 0.500. The highest BCUT2D eigenvalue weighted by molar-refractivity contribution is 6.17.